The van der Waals surface area contributed by atoms with Crippen molar-refractivity contribution in [3.8, 4) is 0 Å². The number of nitrogens with one attached hydrogen (secondary N) is 1. The molecule has 0 aliphatic heterocycles. The number of pyridine rings is 1. The third-order valence-electron chi connectivity index (χ3n) is 2.40. The number of benzene rings is 1. The maximum absolute atomic E-state index is 11.7. The van der Waals surface area contributed by atoms with Gasteiger partial charge in [0.1, 0.15) is 5.69 Å². The smallest absolute Gasteiger partial charge is 0.270 e. The molecule has 0 bridgehead atoms. The fourth-order valence-corrected chi connectivity index (χ4v) is 1.58. The van der Waals surface area contributed by atoms with E-state index in [0.29, 0.717) is 11.2 Å². The van der Waals surface area contributed by atoms with E-state index in [1.807, 2.05) is 12.1 Å². The van der Waals surface area contributed by atoms with Crippen molar-refractivity contribution in [2.45, 2.75) is 0 Å². The van der Waals surface area contributed by atoms with E-state index >= 15 is 0 Å². The van der Waals surface area contributed by atoms with E-state index in [-0.39, 0.29) is 12.2 Å². The molecule has 2 amide bonds. The lowest BCUT2D eigenvalue weighted by Gasteiger charge is -2.06. The van der Waals surface area contributed by atoms with Crippen LogP contribution in [0.25, 0.3) is 10.9 Å². The molecule has 18 heavy (non-hydrogen) atoms. The molecule has 0 atom stereocenters. The number of para-hydroxylation sites is 1. The molecule has 6 heteroatoms. The first-order chi connectivity index (χ1) is 8.58. The highest BCUT2D eigenvalue weighted by atomic mass is 16.2. The predicted molar refractivity (Wildman–Crippen MR) is 67.7 cm³/mol. The summed E-state index contributed by atoms with van der Waals surface area (Å²) in [5, 5.41) is 3.14. The van der Waals surface area contributed by atoms with Crippen molar-refractivity contribution >= 4 is 28.4 Å². The Morgan fingerprint density at radius 1 is 1.28 bits per heavy atom. The standard InChI is InChI=1S/C12H12N4O2/c13-8-5-10(12(18)15-6-11(14)17)16-9-4-2-1-3-7(8)9/h1-5H,6H2,(H2,13,16)(H2,14,17)(H,15,18). The molecule has 0 fully saturated rings. The van der Waals surface area contributed by atoms with Gasteiger partial charge >= 0.3 is 0 Å². The minimum absolute atomic E-state index is 0.160. The summed E-state index contributed by atoms with van der Waals surface area (Å²) in [7, 11) is 0. The SMILES string of the molecule is NC(=O)CNC(=O)c1cc(N)c2ccccc2n1. The van der Waals surface area contributed by atoms with E-state index in [9.17, 15) is 9.59 Å². The Balaban J connectivity index is 2.34. The van der Waals surface area contributed by atoms with Gasteiger partial charge < -0.3 is 16.8 Å². The average Bonchev–Trinajstić information content (AvgIpc) is 2.36. The van der Waals surface area contributed by atoms with Gasteiger partial charge in [-0.2, -0.15) is 0 Å². The normalized spacial score (nSPS) is 10.2. The maximum Gasteiger partial charge on any atom is 0.270 e. The molecule has 0 aliphatic rings. The summed E-state index contributed by atoms with van der Waals surface area (Å²) >= 11 is 0. The number of carbonyl (C=O) groups is 2. The van der Waals surface area contributed by atoms with Crippen LogP contribution >= 0.6 is 0 Å². The summed E-state index contributed by atoms with van der Waals surface area (Å²) < 4.78 is 0. The van der Waals surface area contributed by atoms with E-state index in [0.717, 1.165) is 5.39 Å². The fraction of sp³-hybridized carbons (Fsp3) is 0.0833. The van der Waals surface area contributed by atoms with Crippen LogP contribution in [0.3, 0.4) is 0 Å². The van der Waals surface area contributed by atoms with E-state index < -0.39 is 11.8 Å². The Kier molecular flexibility index (Phi) is 3.09. The van der Waals surface area contributed by atoms with Gasteiger partial charge in [-0.1, -0.05) is 18.2 Å². The second kappa shape index (κ2) is 4.70. The number of carbonyl (C=O) groups excluding carboxylic acids is 2. The lowest BCUT2D eigenvalue weighted by molar-refractivity contribution is -0.117. The Hall–Kier alpha value is -2.63. The highest BCUT2D eigenvalue weighted by Crippen LogP contribution is 2.19. The third kappa shape index (κ3) is 2.37. The highest BCUT2D eigenvalue weighted by molar-refractivity contribution is 6.00. The molecule has 6 nitrogen and oxygen atoms in total. The van der Waals surface area contributed by atoms with Gasteiger partial charge in [-0.3, -0.25) is 9.59 Å². The van der Waals surface area contributed by atoms with Gasteiger partial charge in [0.2, 0.25) is 5.91 Å². The summed E-state index contributed by atoms with van der Waals surface area (Å²) in [6.45, 7) is -0.229. The Bertz CT molecular complexity index is 625. The molecule has 0 saturated heterocycles. The van der Waals surface area contributed by atoms with Crippen LogP contribution in [-0.2, 0) is 4.79 Å². The highest BCUT2D eigenvalue weighted by Gasteiger charge is 2.10. The Labute approximate surface area is 103 Å². The van der Waals surface area contributed by atoms with Crippen molar-refractivity contribution in [3.05, 3.63) is 36.0 Å². The first-order valence-electron chi connectivity index (χ1n) is 5.29. The molecule has 0 radical (unpaired) electrons. The van der Waals surface area contributed by atoms with Crippen LogP contribution in [0.2, 0.25) is 0 Å². The summed E-state index contributed by atoms with van der Waals surface area (Å²) in [6, 6.07) is 8.70. The summed E-state index contributed by atoms with van der Waals surface area (Å²) in [6.07, 6.45) is 0. The zero-order chi connectivity index (χ0) is 13.1. The number of nitrogens with zero attached hydrogens (tertiary/aromatic N) is 1. The van der Waals surface area contributed by atoms with Crippen LogP contribution in [0.5, 0.6) is 0 Å². The number of nitrogens with two attached hydrogens (primary N) is 2. The second-order valence-corrected chi connectivity index (χ2v) is 3.76. The molecule has 1 aromatic carbocycles. The van der Waals surface area contributed by atoms with E-state index in [1.54, 1.807) is 12.1 Å². The average molecular weight is 244 g/mol. The van der Waals surface area contributed by atoms with E-state index in [2.05, 4.69) is 10.3 Å². The number of amides is 2. The topological polar surface area (TPSA) is 111 Å². The molecule has 2 rings (SSSR count). The number of nitrogen functional groups attached to an aromatic ring is 1. The Morgan fingerprint density at radius 2 is 2.00 bits per heavy atom. The van der Waals surface area contributed by atoms with Crippen LogP contribution in [0.4, 0.5) is 5.69 Å². The molecular formula is C12H12N4O2. The van der Waals surface area contributed by atoms with Crippen LogP contribution in [-0.4, -0.2) is 23.3 Å². The molecule has 0 unspecified atom stereocenters. The number of hydrogen-bond donors (Lipinski definition) is 3. The molecule has 5 N–H and O–H groups in total. The monoisotopic (exact) mass is 244 g/mol. The van der Waals surface area contributed by atoms with E-state index in [1.165, 1.54) is 6.07 Å². The zero-order valence-electron chi connectivity index (χ0n) is 9.51. The van der Waals surface area contributed by atoms with Crippen molar-refractivity contribution in [1.82, 2.24) is 10.3 Å². The number of anilines is 1. The van der Waals surface area contributed by atoms with Crippen LogP contribution < -0.4 is 16.8 Å². The molecule has 1 heterocycles. The molecule has 0 saturated carbocycles. The minimum atomic E-state index is -0.614. The van der Waals surface area contributed by atoms with Crippen molar-refractivity contribution < 1.29 is 9.59 Å². The molecule has 0 spiro atoms. The molecule has 1 aromatic heterocycles. The zero-order valence-corrected chi connectivity index (χ0v) is 9.51. The number of fused-ring (bicyclic) bond motifs is 1. The van der Waals surface area contributed by atoms with Crippen LogP contribution in [0.1, 0.15) is 10.5 Å². The lowest BCUT2D eigenvalue weighted by Crippen LogP contribution is -2.33. The van der Waals surface area contributed by atoms with Crippen LogP contribution in [0, 0.1) is 0 Å². The predicted octanol–water partition coefficient (Wildman–Crippen LogP) is 0.0321. The maximum atomic E-state index is 11.7. The Morgan fingerprint density at radius 3 is 2.72 bits per heavy atom. The lowest BCUT2D eigenvalue weighted by atomic mass is 10.1. The van der Waals surface area contributed by atoms with Gasteiger partial charge in [0.25, 0.3) is 5.91 Å². The third-order valence-corrected chi connectivity index (χ3v) is 2.40. The summed E-state index contributed by atoms with van der Waals surface area (Å²) in [4.78, 5) is 26.5. The van der Waals surface area contributed by atoms with Gasteiger partial charge in [-0.25, -0.2) is 4.98 Å². The van der Waals surface area contributed by atoms with Crippen molar-refractivity contribution in [2.24, 2.45) is 5.73 Å². The first-order valence-corrected chi connectivity index (χ1v) is 5.29. The molecule has 0 aliphatic carbocycles. The first kappa shape index (κ1) is 11.8. The molecule has 92 valence electrons. The van der Waals surface area contributed by atoms with Crippen molar-refractivity contribution in [3.63, 3.8) is 0 Å². The summed E-state index contributed by atoms with van der Waals surface area (Å²) in [5.41, 5.74) is 12.0. The molecular weight excluding hydrogens is 232 g/mol. The van der Waals surface area contributed by atoms with E-state index in [4.69, 9.17) is 11.5 Å². The number of aromatic nitrogens is 1. The molecule has 2 aromatic rings. The minimum Gasteiger partial charge on any atom is -0.398 e. The van der Waals surface area contributed by atoms with Crippen molar-refractivity contribution in [2.75, 3.05) is 12.3 Å². The number of hydrogen-bond acceptors (Lipinski definition) is 4. The van der Waals surface area contributed by atoms with Crippen LogP contribution in [0.15, 0.2) is 30.3 Å². The number of rotatable bonds is 3. The number of primary amides is 1. The summed E-state index contributed by atoms with van der Waals surface area (Å²) in [5.74, 6) is -1.09. The van der Waals surface area contributed by atoms with Gasteiger partial charge in [0.15, 0.2) is 0 Å². The van der Waals surface area contributed by atoms with Gasteiger partial charge in [0.05, 0.1) is 12.1 Å². The quantitative estimate of drug-likeness (QED) is 0.707. The fourth-order valence-electron chi connectivity index (χ4n) is 1.58. The van der Waals surface area contributed by atoms with Gasteiger partial charge in [-0.05, 0) is 12.1 Å². The van der Waals surface area contributed by atoms with Gasteiger partial charge in [0, 0.05) is 11.1 Å². The largest absolute Gasteiger partial charge is 0.398 e. The van der Waals surface area contributed by atoms with Gasteiger partial charge in [-0.15, -0.1) is 0 Å². The van der Waals surface area contributed by atoms with Crippen molar-refractivity contribution in [1.29, 1.82) is 0 Å². The second-order valence-electron chi connectivity index (χ2n) is 3.76.